The molecule has 2 aliphatic rings. The number of H-pyrrole nitrogens is 1. The highest BCUT2D eigenvalue weighted by molar-refractivity contribution is 5.93. The number of hydrogen-bond acceptors (Lipinski definition) is 3. The molecule has 4 heteroatoms. The van der Waals surface area contributed by atoms with Crippen LogP contribution >= 0.6 is 0 Å². The lowest BCUT2D eigenvalue weighted by atomic mass is 10.2. The van der Waals surface area contributed by atoms with Crippen LogP contribution in [0.5, 0.6) is 0 Å². The molecule has 1 aromatic heterocycles. The fourth-order valence-electron chi connectivity index (χ4n) is 1.66. The minimum atomic E-state index is 0.544. The van der Waals surface area contributed by atoms with E-state index >= 15 is 0 Å². The number of aromatic amines is 1. The SMILES string of the molecule is Nc1cc2c3[nH]ncc3cccc-2n1. The van der Waals surface area contributed by atoms with Gasteiger partial charge in [-0.15, -0.1) is 0 Å². The third-order valence-corrected chi connectivity index (χ3v) is 2.29. The predicted octanol–water partition coefficient (Wildman–Crippen LogP) is 1.64. The molecule has 3 rings (SSSR count). The van der Waals surface area contributed by atoms with E-state index in [2.05, 4.69) is 15.2 Å². The van der Waals surface area contributed by atoms with Crippen LogP contribution in [-0.4, -0.2) is 15.2 Å². The summed E-state index contributed by atoms with van der Waals surface area (Å²) in [6, 6.07) is 7.75. The van der Waals surface area contributed by atoms with Gasteiger partial charge in [0.2, 0.25) is 0 Å². The van der Waals surface area contributed by atoms with E-state index in [0.717, 1.165) is 22.2 Å². The van der Waals surface area contributed by atoms with E-state index in [4.69, 9.17) is 5.73 Å². The predicted molar refractivity (Wildman–Crippen MR) is 54.9 cm³/mol. The fraction of sp³-hybridized carbons (Fsp3) is 0. The summed E-state index contributed by atoms with van der Waals surface area (Å²) in [5, 5.41) is 8.01. The highest BCUT2D eigenvalue weighted by Crippen LogP contribution is 2.28. The molecular weight excluding hydrogens is 176 g/mol. The number of anilines is 1. The van der Waals surface area contributed by atoms with Gasteiger partial charge in [-0.1, -0.05) is 12.1 Å². The lowest BCUT2D eigenvalue weighted by Crippen LogP contribution is -1.80. The number of nitrogens with zero attached hydrogens (tertiary/aromatic N) is 2. The molecule has 0 saturated carbocycles. The number of nitrogens with two attached hydrogens (primary N) is 1. The highest BCUT2D eigenvalue weighted by atomic mass is 15.1. The molecule has 0 atom stereocenters. The van der Waals surface area contributed by atoms with E-state index in [0.29, 0.717) is 5.82 Å². The second-order valence-corrected chi connectivity index (χ2v) is 3.21. The van der Waals surface area contributed by atoms with Gasteiger partial charge in [-0.05, 0) is 12.1 Å². The van der Waals surface area contributed by atoms with Gasteiger partial charge in [0, 0.05) is 10.9 Å². The van der Waals surface area contributed by atoms with Crippen molar-refractivity contribution in [3.63, 3.8) is 0 Å². The Morgan fingerprint density at radius 1 is 1.29 bits per heavy atom. The van der Waals surface area contributed by atoms with Gasteiger partial charge in [0.15, 0.2) is 0 Å². The van der Waals surface area contributed by atoms with Crippen LogP contribution in [0.15, 0.2) is 30.5 Å². The standard InChI is InChI=1S/C10H8N4/c11-9-4-7-8(13-9)3-1-2-6-5-12-14-10(6)7/h1-5H,(H2,11,13)(H,12,14). The number of hydrogen-bond donors (Lipinski definition) is 2. The van der Waals surface area contributed by atoms with Gasteiger partial charge < -0.3 is 5.73 Å². The Hall–Kier alpha value is -2.10. The first-order valence-electron chi connectivity index (χ1n) is 4.33. The zero-order valence-corrected chi connectivity index (χ0v) is 7.36. The number of nitrogen functional groups attached to an aromatic ring is 1. The topological polar surface area (TPSA) is 67.6 Å². The van der Waals surface area contributed by atoms with Gasteiger partial charge in [0.05, 0.1) is 17.4 Å². The molecule has 0 bridgehead atoms. The Bertz CT molecular complexity index is 569. The van der Waals surface area contributed by atoms with Crippen molar-refractivity contribution in [2.24, 2.45) is 0 Å². The summed E-state index contributed by atoms with van der Waals surface area (Å²) in [5.74, 6) is 0.544. The molecule has 0 radical (unpaired) electrons. The lowest BCUT2D eigenvalue weighted by Gasteiger charge is -1.88. The Morgan fingerprint density at radius 2 is 2.21 bits per heavy atom. The van der Waals surface area contributed by atoms with Crippen molar-refractivity contribution in [3.8, 4) is 11.3 Å². The van der Waals surface area contributed by atoms with E-state index in [1.807, 2.05) is 24.3 Å². The molecule has 1 aliphatic carbocycles. The van der Waals surface area contributed by atoms with Crippen LogP contribution in [0.3, 0.4) is 0 Å². The Kier molecular flexibility index (Phi) is 1.28. The number of rotatable bonds is 0. The quantitative estimate of drug-likeness (QED) is 0.558. The molecule has 68 valence electrons. The zero-order chi connectivity index (χ0) is 9.54. The van der Waals surface area contributed by atoms with Gasteiger partial charge in [0.25, 0.3) is 0 Å². The summed E-state index contributed by atoms with van der Waals surface area (Å²) in [5.41, 5.74) is 8.53. The zero-order valence-electron chi connectivity index (χ0n) is 7.36. The van der Waals surface area contributed by atoms with E-state index < -0.39 is 0 Å². The summed E-state index contributed by atoms with van der Waals surface area (Å²) in [6.07, 6.45) is 1.79. The second kappa shape index (κ2) is 2.45. The molecule has 0 amide bonds. The van der Waals surface area contributed by atoms with Crippen molar-refractivity contribution in [2.45, 2.75) is 0 Å². The summed E-state index contributed by atoms with van der Waals surface area (Å²) >= 11 is 0. The van der Waals surface area contributed by atoms with Gasteiger partial charge in [-0.2, -0.15) is 5.10 Å². The van der Waals surface area contributed by atoms with Crippen LogP contribution in [0.4, 0.5) is 5.82 Å². The van der Waals surface area contributed by atoms with Crippen LogP contribution < -0.4 is 5.73 Å². The number of fused-ring (bicyclic) bond motifs is 3. The van der Waals surface area contributed by atoms with Crippen molar-refractivity contribution in [1.29, 1.82) is 0 Å². The molecule has 0 aromatic carbocycles. The lowest BCUT2D eigenvalue weighted by molar-refractivity contribution is 1.12. The largest absolute Gasteiger partial charge is 0.384 e. The molecular formula is C10H8N4. The molecule has 1 aliphatic heterocycles. The van der Waals surface area contributed by atoms with Crippen molar-refractivity contribution in [1.82, 2.24) is 15.2 Å². The molecule has 0 saturated heterocycles. The Morgan fingerprint density at radius 3 is 3.14 bits per heavy atom. The normalized spacial score (nSPS) is 11.1. The van der Waals surface area contributed by atoms with Crippen LogP contribution in [0.25, 0.3) is 22.2 Å². The maximum absolute atomic E-state index is 5.65. The van der Waals surface area contributed by atoms with Crippen molar-refractivity contribution < 1.29 is 0 Å². The fourth-order valence-corrected chi connectivity index (χ4v) is 1.66. The third-order valence-electron chi connectivity index (χ3n) is 2.29. The third kappa shape index (κ3) is 0.877. The summed E-state index contributed by atoms with van der Waals surface area (Å²) in [4.78, 5) is 4.21. The first-order chi connectivity index (χ1) is 6.84. The van der Waals surface area contributed by atoms with Gasteiger partial charge in [-0.25, -0.2) is 4.98 Å². The van der Waals surface area contributed by atoms with Crippen molar-refractivity contribution in [3.05, 3.63) is 30.5 Å². The Labute approximate surface area is 80.1 Å². The summed E-state index contributed by atoms with van der Waals surface area (Å²) < 4.78 is 0. The average molecular weight is 184 g/mol. The average Bonchev–Trinajstić information content (AvgIpc) is 2.70. The molecule has 3 N–H and O–H groups in total. The first-order valence-corrected chi connectivity index (χ1v) is 4.33. The molecule has 1 aromatic rings. The summed E-state index contributed by atoms with van der Waals surface area (Å²) in [7, 11) is 0. The number of aromatic nitrogens is 3. The smallest absolute Gasteiger partial charge is 0.124 e. The van der Waals surface area contributed by atoms with Gasteiger partial charge in [0.1, 0.15) is 5.82 Å². The number of nitrogens with one attached hydrogen (secondary N) is 1. The maximum Gasteiger partial charge on any atom is 0.124 e. The van der Waals surface area contributed by atoms with Crippen LogP contribution in [0, 0.1) is 0 Å². The van der Waals surface area contributed by atoms with E-state index in [9.17, 15) is 0 Å². The van der Waals surface area contributed by atoms with Crippen molar-refractivity contribution in [2.75, 3.05) is 5.73 Å². The second-order valence-electron chi connectivity index (χ2n) is 3.21. The molecule has 14 heavy (non-hydrogen) atoms. The van der Waals surface area contributed by atoms with Crippen molar-refractivity contribution >= 4 is 16.7 Å². The molecule has 2 heterocycles. The van der Waals surface area contributed by atoms with E-state index in [1.165, 1.54) is 0 Å². The van der Waals surface area contributed by atoms with Crippen LogP contribution in [0.1, 0.15) is 0 Å². The van der Waals surface area contributed by atoms with Crippen LogP contribution in [-0.2, 0) is 0 Å². The van der Waals surface area contributed by atoms with E-state index in [1.54, 1.807) is 6.20 Å². The Balaban J connectivity index is 2.54. The minimum Gasteiger partial charge on any atom is -0.384 e. The molecule has 0 spiro atoms. The molecule has 4 nitrogen and oxygen atoms in total. The van der Waals surface area contributed by atoms with Crippen LogP contribution in [0.2, 0.25) is 0 Å². The monoisotopic (exact) mass is 184 g/mol. The molecule has 0 fully saturated rings. The summed E-state index contributed by atoms with van der Waals surface area (Å²) in [6.45, 7) is 0. The van der Waals surface area contributed by atoms with E-state index in [-0.39, 0.29) is 0 Å². The highest BCUT2D eigenvalue weighted by Gasteiger charge is 2.09. The van der Waals surface area contributed by atoms with Gasteiger partial charge in [-0.3, -0.25) is 5.10 Å². The van der Waals surface area contributed by atoms with Gasteiger partial charge >= 0.3 is 0 Å². The minimum absolute atomic E-state index is 0.544. The maximum atomic E-state index is 5.65. The first kappa shape index (κ1) is 7.32. The molecule has 0 unspecified atom stereocenters.